The fourth-order valence-electron chi connectivity index (χ4n) is 7.93. The Kier molecular flexibility index (Phi) is 8.70. The number of ether oxygens (including phenoxy) is 2. The number of halogens is 6. The quantitative estimate of drug-likeness (QED) is 0.187. The zero-order chi connectivity index (χ0) is 36.3. The number of aromatic nitrogens is 3. The van der Waals surface area contributed by atoms with Crippen LogP contribution in [-0.2, 0) is 40.2 Å². The lowest BCUT2D eigenvalue weighted by atomic mass is 9.82. The molecule has 272 valence electrons. The molecule has 4 heterocycles. The number of hydrogen-bond acceptors (Lipinski definition) is 8. The van der Waals surface area contributed by atoms with Crippen LogP contribution >= 0.6 is 0 Å². The molecule has 4 atom stereocenters. The fourth-order valence-corrected chi connectivity index (χ4v) is 7.93. The summed E-state index contributed by atoms with van der Waals surface area (Å²) >= 11 is 0. The van der Waals surface area contributed by atoms with E-state index < -0.39 is 46.6 Å². The van der Waals surface area contributed by atoms with Gasteiger partial charge in [-0.05, 0) is 86.4 Å². The van der Waals surface area contributed by atoms with Crippen LogP contribution in [0.3, 0.4) is 0 Å². The van der Waals surface area contributed by atoms with E-state index in [0.717, 1.165) is 24.1 Å². The molecule has 2 aromatic heterocycles. The Bertz CT molecular complexity index is 1820. The summed E-state index contributed by atoms with van der Waals surface area (Å²) in [6.07, 6.45) is -2.21. The van der Waals surface area contributed by atoms with Crippen molar-refractivity contribution in [2.75, 3.05) is 42.0 Å². The minimum Gasteiger partial charge on any atom is -0.449 e. The van der Waals surface area contributed by atoms with Gasteiger partial charge >= 0.3 is 18.4 Å². The van der Waals surface area contributed by atoms with E-state index >= 15 is 0 Å². The lowest BCUT2D eigenvalue weighted by molar-refractivity contribution is -0.143. The van der Waals surface area contributed by atoms with Gasteiger partial charge < -0.3 is 19.7 Å². The highest BCUT2D eigenvalue weighted by Gasteiger charge is 2.73. The summed E-state index contributed by atoms with van der Waals surface area (Å²) in [5.41, 5.74) is -1.11. The van der Waals surface area contributed by atoms with Crippen LogP contribution in [0.1, 0.15) is 67.5 Å². The first-order chi connectivity index (χ1) is 24.2. The highest BCUT2D eigenvalue weighted by molar-refractivity contribution is 5.93. The highest BCUT2D eigenvalue weighted by Crippen LogP contribution is 2.69. The first kappa shape index (κ1) is 35.0. The van der Waals surface area contributed by atoms with Gasteiger partial charge in [-0.3, -0.25) is 4.90 Å². The van der Waals surface area contributed by atoms with Gasteiger partial charge in [-0.25, -0.2) is 19.7 Å². The van der Waals surface area contributed by atoms with Crippen molar-refractivity contribution in [1.82, 2.24) is 15.0 Å². The van der Waals surface area contributed by atoms with Crippen molar-refractivity contribution < 1.29 is 40.6 Å². The average molecular weight is 717 g/mol. The maximum absolute atomic E-state index is 13.9. The molecule has 2 aliphatic heterocycles. The second-order valence-corrected chi connectivity index (χ2v) is 13.9. The van der Waals surface area contributed by atoms with Crippen molar-refractivity contribution in [3.8, 4) is 0 Å². The molecule has 51 heavy (non-hydrogen) atoms. The van der Waals surface area contributed by atoms with E-state index in [1.807, 2.05) is 19.1 Å². The van der Waals surface area contributed by atoms with Gasteiger partial charge in [0.1, 0.15) is 5.82 Å². The van der Waals surface area contributed by atoms with Crippen molar-refractivity contribution in [2.45, 2.75) is 81.8 Å². The Labute approximate surface area is 291 Å². The molecule has 2 fully saturated rings. The van der Waals surface area contributed by atoms with E-state index in [9.17, 15) is 31.1 Å². The molecule has 1 N–H and O–H groups in total. The standard InChI is InChI=1S/C36H38F6N6O3/c1-4-51-32(49)48-27-5-6-29(43-3)46-30(27)33(20-34(48)15-21(34)2)16-28(33)47(31-44-17-24(18-45-31)11-22-7-9-50-10-8-22)19-23-12-25(35(37,38)39)14-26(13-23)36(40,41)42/h5-7,12-14,17-18,21,28H,4,8-11,15-16,19-20H2,1-3H3,(H,43,46)/t21?,28?,33?,34-/m1/s1. The van der Waals surface area contributed by atoms with Gasteiger partial charge in [0, 0.05) is 37.4 Å². The summed E-state index contributed by atoms with van der Waals surface area (Å²) in [4.78, 5) is 31.1. The summed E-state index contributed by atoms with van der Waals surface area (Å²) in [5.74, 6) is 0.827. The normalized spacial score (nSPS) is 25.4. The maximum atomic E-state index is 13.9. The summed E-state index contributed by atoms with van der Waals surface area (Å²) in [7, 11) is 1.71. The van der Waals surface area contributed by atoms with Gasteiger partial charge in [-0.2, -0.15) is 26.3 Å². The van der Waals surface area contributed by atoms with Gasteiger partial charge in [0.25, 0.3) is 0 Å². The number of pyridine rings is 1. The van der Waals surface area contributed by atoms with Crippen LogP contribution in [0.2, 0.25) is 0 Å². The molecule has 1 amide bonds. The molecular formula is C36H38F6N6O3. The number of nitrogens with zero attached hydrogens (tertiary/aromatic N) is 5. The SMILES string of the molecule is CCOC(=O)N1c2ccc(NC)nc2C2(CC2N(Cc2cc(C(F)(F)F)cc(C(F)(F)F)c2)c2ncc(CC3=CCOCC3)cn2)C[C@@]12CC2C. The molecule has 4 aliphatic rings. The zero-order valence-electron chi connectivity index (χ0n) is 28.4. The highest BCUT2D eigenvalue weighted by atomic mass is 19.4. The molecule has 2 saturated carbocycles. The summed E-state index contributed by atoms with van der Waals surface area (Å²) in [6, 6.07) is 4.75. The number of anilines is 3. The first-order valence-electron chi connectivity index (χ1n) is 17.0. The number of carbonyl (C=O) groups is 1. The van der Waals surface area contributed by atoms with E-state index in [1.165, 1.54) is 5.57 Å². The van der Waals surface area contributed by atoms with Gasteiger partial charge in [-0.1, -0.05) is 18.6 Å². The van der Waals surface area contributed by atoms with E-state index in [0.29, 0.717) is 56.1 Å². The summed E-state index contributed by atoms with van der Waals surface area (Å²) < 4.78 is 94.5. The predicted octanol–water partition coefficient (Wildman–Crippen LogP) is 7.70. The van der Waals surface area contributed by atoms with E-state index in [4.69, 9.17) is 14.5 Å². The Morgan fingerprint density at radius 3 is 2.31 bits per heavy atom. The third-order valence-corrected chi connectivity index (χ3v) is 10.6. The maximum Gasteiger partial charge on any atom is 0.416 e. The monoisotopic (exact) mass is 716 g/mol. The van der Waals surface area contributed by atoms with Crippen molar-refractivity contribution in [2.24, 2.45) is 5.92 Å². The lowest BCUT2D eigenvalue weighted by Gasteiger charge is -2.42. The molecule has 0 saturated heterocycles. The van der Waals surface area contributed by atoms with Crippen LogP contribution < -0.4 is 15.1 Å². The number of carbonyl (C=O) groups excluding carboxylic acids is 1. The van der Waals surface area contributed by atoms with Gasteiger partial charge in [-0.15, -0.1) is 0 Å². The van der Waals surface area contributed by atoms with Crippen molar-refractivity contribution in [3.05, 3.63) is 82.3 Å². The van der Waals surface area contributed by atoms with Crippen LogP contribution in [0, 0.1) is 5.92 Å². The molecule has 0 radical (unpaired) electrons. The first-order valence-corrected chi connectivity index (χ1v) is 17.0. The average Bonchev–Trinajstić information content (AvgIpc) is 3.97. The number of alkyl halides is 6. The lowest BCUT2D eigenvalue weighted by Crippen LogP contribution is -2.52. The minimum absolute atomic E-state index is 0.110. The molecule has 7 rings (SSSR count). The molecule has 9 nitrogen and oxygen atoms in total. The Balaban J connectivity index is 1.32. The zero-order valence-corrected chi connectivity index (χ0v) is 28.4. The largest absolute Gasteiger partial charge is 0.449 e. The number of rotatable bonds is 8. The molecule has 3 unspecified atom stereocenters. The molecule has 3 aromatic rings. The second kappa shape index (κ2) is 12.7. The van der Waals surface area contributed by atoms with Crippen molar-refractivity contribution in [1.29, 1.82) is 0 Å². The third kappa shape index (κ3) is 6.49. The Morgan fingerprint density at radius 2 is 1.75 bits per heavy atom. The fraction of sp³-hybridized carbons (Fsp3) is 0.500. The van der Waals surface area contributed by atoms with E-state index in [2.05, 4.69) is 15.3 Å². The molecule has 2 aliphatic carbocycles. The van der Waals surface area contributed by atoms with E-state index in [-0.39, 0.29) is 36.6 Å². The number of hydrogen-bond donors (Lipinski definition) is 1. The predicted molar refractivity (Wildman–Crippen MR) is 176 cm³/mol. The second-order valence-electron chi connectivity index (χ2n) is 13.9. The Hall–Kier alpha value is -4.40. The van der Waals surface area contributed by atoms with Gasteiger partial charge in [0.15, 0.2) is 0 Å². The number of benzene rings is 1. The van der Waals surface area contributed by atoms with Crippen molar-refractivity contribution >= 4 is 23.5 Å². The third-order valence-electron chi connectivity index (χ3n) is 10.6. The van der Waals surface area contributed by atoms with Crippen LogP contribution in [0.5, 0.6) is 0 Å². The van der Waals surface area contributed by atoms with Crippen LogP contribution in [0.25, 0.3) is 0 Å². The van der Waals surface area contributed by atoms with Crippen LogP contribution in [0.4, 0.5) is 48.6 Å². The topological polar surface area (TPSA) is 92.7 Å². The Morgan fingerprint density at radius 1 is 1.06 bits per heavy atom. The molecule has 2 spiro atoms. The smallest absolute Gasteiger partial charge is 0.416 e. The molecule has 1 aromatic carbocycles. The van der Waals surface area contributed by atoms with Crippen LogP contribution in [-0.4, -0.2) is 59.5 Å². The molecule has 15 heteroatoms. The van der Waals surface area contributed by atoms with Crippen LogP contribution in [0.15, 0.2) is 54.4 Å². The number of nitrogens with one attached hydrogen (secondary N) is 1. The molecular weight excluding hydrogens is 678 g/mol. The van der Waals surface area contributed by atoms with Gasteiger partial charge in [0.05, 0.1) is 47.9 Å². The van der Waals surface area contributed by atoms with Gasteiger partial charge in [0.2, 0.25) is 5.95 Å². The van der Waals surface area contributed by atoms with E-state index in [1.54, 1.807) is 42.2 Å². The summed E-state index contributed by atoms with van der Waals surface area (Å²) in [5, 5.41) is 3.04. The number of fused-ring (bicyclic) bond motifs is 2. The minimum atomic E-state index is -5.00. The number of amides is 1. The van der Waals surface area contributed by atoms with Crippen molar-refractivity contribution in [3.63, 3.8) is 0 Å². The molecule has 0 bridgehead atoms. The summed E-state index contributed by atoms with van der Waals surface area (Å²) in [6.45, 7) is 4.75.